The van der Waals surface area contributed by atoms with Crippen molar-refractivity contribution in [3.8, 4) is 0 Å². The van der Waals surface area contributed by atoms with Crippen molar-refractivity contribution < 1.29 is 27.5 Å². The minimum absolute atomic E-state index is 0.108. The number of Topliss-reactive ketones (excluding diaryl/α,β-unsaturated/α-hetero) is 1. The number of ketones is 1. The van der Waals surface area contributed by atoms with Gasteiger partial charge in [0.05, 0.1) is 17.7 Å². The van der Waals surface area contributed by atoms with Crippen molar-refractivity contribution in [2.75, 3.05) is 6.61 Å². The average Bonchev–Trinajstić information content (AvgIpc) is 2.58. The fourth-order valence-corrected chi connectivity index (χ4v) is 4.11. The lowest BCUT2D eigenvalue weighted by Gasteiger charge is -2.39. The van der Waals surface area contributed by atoms with Crippen LogP contribution in [-0.2, 0) is 20.5 Å². The quantitative estimate of drug-likeness (QED) is 0.726. The van der Waals surface area contributed by atoms with E-state index in [-0.39, 0.29) is 23.4 Å². The number of ether oxygens (including phenoxy) is 1. The molecule has 0 amide bonds. The lowest BCUT2D eigenvalue weighted by molar-refractivity contribution is -0.139. The molecule has 4 nitrogen and oxygen atoms in total. The molecule has 2 aliphatic rings. The summed E-state index contributed by atoms with van der Waals surface area (Å²) in [6, 6.07) is 4.63. The number of benzene rings is 1. The standard InChI is InChI=1S/C22H24F3NO3/c1-5-29-20(28)17-12(2)26-15-10-21(3,4)11-16(27)19(15)18(17)13-6-8-14(9-7-13)22(23,24)25/h6-9,18,26H,5,10-11H2,1-4H3. The number of hydrogen-bond acceptors (Lipinski definition) is 4. The summed E-state index contributed by atoms with van der Waals surface area (Å²) >= 11 is 0. The van der Waals surface area contributed by atoms with Crippen molar-refractivity contribution >= 4 is 11.8 Å². The summed E-state index contributed by atoms with van der Waals surface area (Å²) in [5.41, 5.74) is 1.42. The number of halogens is 3. The van der Waals surface area contributed by atoms with E-state index in [4.69, 9.17) is 4.74 Å². The Morgan fingerprint density at radius 1 is 1.21 bits per heavy atom. The molecule has 0 saturated carbocycles. The van der Waals surface area contributed by atoms with Crippen molar-refractivity contribution in [2.24, 2.45) is 5.41 Å². The summed E-state index contributed by atoms with van der Waals surface area (Å²) in [6.45, 7) is 7.53. The maximum Gasteiger partial charge on any atom is 0.416 e. The highest BCUT2D eigenvalue weighted by molar-refractivity contribution is 6.04. The fraction of sp³-hybridized carbons (Fsp3) is 0.455. The maximum absolute atomic E-state index is 13.0. The number of alkyl halides is 3. The molecule has 0 aromatic heterocycles. The van der Waals surface area contributed by atoms with Crippen LogP contribution in [0.15, 0.2) is 46.8 Å². The van der Waals surface area contributed by atoms with E-state index in [1.54, 1.807) is 13.8 Å². The van der Waals surface area contributed by atoms with Gasteiger partial charge in [-0.25, -0.2) is 4.79 Å². The Morgan fingerprint density at radius 2 is 1.83 bits per heavy atom. The van der Waals surface area contributed by atoms with Crippen LogP contribution in [0.2, 0.25) is 0 Å². The topological polar surface area (TPSA) is 55.4 Å². The van der Waals surface area contributed by atoms with Crippen LogP contribution in [-0.4, -0.2) is 18.4 Å². The van der Waals surface area contributed by atoms with E-state index in [2.05, 4.69) is 5.32 Å². The summed E-state index contributed by atoms with van der Waals surface area (Å²) in [7, 11) is 0. The second kappa shape index (κ2) is 7.35. The number of carbonyl (C=O) groups is 2. The normalized spacial score (nSPS) is 21.6. The van der Waals surface area contributed by atoms with E-state index in [0.29, 0.717) is 29.7 Å². The molecule has 1 aliphatic carbocycles. The molecule has 1 aromatic rings. The van der Waals surface area contributed by atoms with Crippen LogP contribution in [0, 0.1) is 5.41 Å². The molecular weight excluding hydrogens is 383 g/mol. The van der Waals surface area contributed by atoms with Gasteiger partial charge in [0.2, 0.25) is 0 Å². The predicted octanol–water partition coefficient (Wildman–Crippen LogP) is 4.87. The molecular formula is C22H24F3NO3. The van der Waals surface area contributed by atoms with Gasteiger partial charge in [0.15, 0.2) is 5.78 Å². The van der Waals surface area contributed by atoms with Crippen molar-refractivity contribution in [1.82, 2.24) is 5.32 Å². The summed E-state index contributed by atoms with van der Waals surface area (Å²) in [5, 5.41) is 3.19. The molecule has 0 saturated heterocycles. The molecule has 1 aromatic carbocycles. The van der Waals surface area contributed by atoms with Gasteiger partial charge >= 0.3 is 12.1 Å². The van der Waals surface area contributed by atoms with Crippen molar-refractivity contribution in [1.29, 1.82) is 0 Å². The van der Waals surface area contributed by atoms with Crippen LogP contribution in [0.5, 0.6) is 0 Å². The zero-order chi connectivity index (χ0) is 21.6. The SMILES string of the molecule is CCOC(=O)C1=C(C)NC2=C(C(=O)CC(C)(C)C2)C1c1ccc(C(F)(F)F)cc1. The Morgan fingerprint density at radius 3 is 2.38 bits per heavy atom. The van der Waals surface area contributed by atoms with Crippen LogP contribution in [0.3, 0.4) is 0 Å². The Balaban J connectivity index is 2.15. The highest BCUT2D eigenvalue weighted by Crippen LogP contribution is 2.47. The molecule has 0 spiro atoms. The second-order valence-corrected chi connectivity index (χ2v) is 8.27. The molecule has 0 radical (unpaired) electrons. The molecule has 1 atom stereocenters. The zero-order valence-electron chi connectivity index (χ0n) is 16.9. The highest BCUT2D eigenvalue weighted by atomic mass is 19.4. The highest BCUT2D eigenvalue weighted by Gasteiger charge is 2.43. The average molecular weight is 407 g/mol. The summed E-state index contributed by atoms with van der Waals surface area (Å²) in [4.78, 5) is 25.7. The number of hydrogen-bond donors (Lipinski definition) is 1. The van der Waals surface area contributed by atoms with E-state index in [1.807, 2.05) is 13.8 Å². The molecule has 1 unspecified atom stereocenters. The van der Waals surface area contributed by atoms with Crippen LogP contribution in [0.1, 0.15) is 57.6 Å². The monoisotopic (exact) mass is 407 g/mol. The lowest BCUT2D eigenvalue weighted by atomic mass is 9.68. The third-order valence-electron chi connectivity index (χ3n) is 5.31. The maximum atomic E-state index is 13.0. The van der Waals surface area contributed by atoms with E-state index in [1.165, 1.54) is 12.1 Å². The third kappa shape index (κ3) is 4.09. The molecule has 29 heavy (non-hydrogen) atoms. The molecule has 1 aliphatic heterocycles. The van der Waals surface area contributed by atoms with Gasteiger partial charge in [0.25, 0.3) is 0 Å². The van der Waals surface area contributed by atoms with Gasteiger partial charge in [-0.15, -0.1) is 0 Å². The van der Waals surface area contributed by atoms with Gasteiger partial charge in [-0.05, 0) is 43.4 Å². The molecule has 1 N–H and O–H groups in total. The number of allylic oxidation sites excluding steroid dienone is 3. The van der Waals surface area contributed by atoms with Gasteiger partial charge in [0, 0.05) is 29.3 Å². The number of dihydropyridines is 1. The Kier molecular flexibility index (Phi) is 5.36. The lowest BCUT2D eigenvalue weighted by Crippen LogP contribution is -2.38. The van der Waals surface area contributed by atoms with Crippen LogP contribution in [0.25, 0.3) is 0 Å². The smallest absolute Gasteiger partial charge is 0.416 e. The molecule has 7 heteroatoms. The van der Waals surface area contributed by atoms with Crippen molar-refractivity contribution in [3.63, 3.8) is 0 Å². The molecule has 0 fully saturated rings. The number of nitrogens with one attached hydrogen (secondary N) is 1. The minimum Gasteiger partial charge on any atom is -0.463 e. The van der Waals surface area contributed by atoms with Crippen molar-refractivity contribution in [2.45, 2.75) is 52.6 Å². The van der Waals surface area contributed by atoms with E-state index in [0.717, 1.165) is 17.8 Å². The predicted molar refractivity (Wildman–Crippen MR) is 102 cm³/mol. The Labute approximate surface area is 167 Å². The van der Waals surface area contributed by atoms with Crippen molar-refractivity contribution in [3.05, 3.63) is 57.9 Å². The summed E-state index contributed by atoms with van der Waals surface area (Å²) in [6.07, 6.45) is -3.55. The first kappa shape index (κ1) is 21.1. The fourth-order valence-electron chi connectivity index (χ4n) is 4.11. The minimum atomic E-state index is -4.46. The van der Waals surface area contributed by atoms with Gasteiger partial charge in [-0.3, -0.25) is 4.79 Å². The third-order valence-corrected chi connectivity index (χ3v) is 5.31. The zero-order valence-corrected chi connectivity index (χ0v) is 16.9. The van der Waals surface area contributed by atoms with E-state index >= 15 is 0 Å². The first-order chi connectivity index (χ1) is 13.4. The first-order valence-corrected chi connectivity index (χ1v) is 9.53. The van der Waals surface area contributed by atoms with Gasteiger partial charge in [-0.1, -0.05) is 26.0 Å². The molecule has 1 heterocycles. The van der Waals surface area contributed by atoms with E-state index in [9.17, 15) is 22.8 Å². The second-order valence-electron chi connectivity index (χ2n) is 8.27. The van der Waals surface area contributed by atoms with E-state index < -0.39 is 23.6 Å². The number of esters is 1. The summed E-state index contributed by atoms with van der Waals surface area (Å²) in [5.74, 6) is -1.44. The first-order valence-electron chi connectivity index (χ1n) is 9.53. The molecule has 156 valence electrons. The van der Waals surface area contributed by atoms with Crippen LogP contribution < -0.4 is 5.32 Å². The van der Waals surface area contributed by atoms with Crippen LogP contribution in [0.4, 0.5) is 13.2 Å². The number of rotatable bonds is 3. The Bertz CT molecular complexity index is 908. The Hall–Kier alpha value is -2.57. The molecule has 0 bridgehead atoms. The number of carbonyl (C=O) groups excluding carboxylic acids is 2. The van der Waals surface area contributed by atoms with Gasteiger partial charge < -0.3 is 10.1 Å². The van der Waals surface area contributed by atoms with Crippen LogP contribution >= 0.6 is 0 Å². The van der Waals surface area contributed by atoms with Gasteiger partial charge in [0.1, 0.15) is 0 Å². The molecule has 3 rings (SSSR count). The largest absolute Gasteiger partial charge is 0.463 e. The summed E-state index contributed by atoms with van der Waals surface area (Å²) < 4.78 is 44.2. The van der Waals surface area contributed by atoms with Gasteiger partial charge in [-0.2, -0.15) is 13.2 Å².